The molecule has 1 aromatic carbocycles. The van der Waals surface area contributed by atoms with Crippen molar-refractivity contribution in [2.24, 2.45) is 4.99 Å². The number of hydrogen-bond acceptors (Lipinski definition) is 4. The number of aromatic nitrogens is 1. The lowest BCUT2D eigenvalue weighted by atomic mass is 10.1. The number of para-hydroxylation sites is 1. The van der Waals surface area contributed by atoms with Gasteiger partial charge < -0.3 is 19.8 Å². The largest absolute Gasteiger partial charge is 0.493 e. The van der Waals surface area contributed by atoms with Gasteiger partial charge in [0.25, 0.3) is 0 Å². The Morgan fingerprint density at radius 3 is 2.50 bits per heavy atom. The van der Waals surface area contributed by atoms with Crippen molar-refractivity contribution in [2.45, 2.75) is 47.6 Å². The summed E-state index contributed by atoms with van der Waals surface area (Å²) in [5.74, 6) is 3.23. The number of guanidine groups is 1. The highest BCUT2D eigenvalue weighted by Gasteiger charge is 2.06. The first-order chi connectivity index (χ1) is 12.5. The van der Waals surface area contributed by atoms with Gasteiger partial charge in [0.15, 0.2) is 5.96 Å². The maximum atomic E-state index is 5.93. The van der Waals surface area contributed by atoms with Crippen molar-refractivity contribution in [2.75, 3.05) is 19.7 Å². The van der Waals surface area contributed by atoms with E-state index in [0.29, 0.717) is 19.0 Å². The first-order valence-electron chi connectivity index (χ1n) is 9.15. The third kappa shape index (κ3) is 5.79. The molecule has 0 aliphatic rings. The fourth-order valence-corrected chi connectivity index (χ4v) is 2.58. The monoisotopic (exact) mass is 358 g/mol. The number of nitrogens with one attached hydrogen (secondary N) is 2. The number of benzene rings is 1. The number of ether oxygens (including phenoxy) is 1. The van der Waals surface area contributed by atoms with Gasteiger partial charge in [-0.15, -0.1) is 0 Å². The lowest BCUT2D eigenvalue weighted by Gasteiger charge is -2.13. The van der Waals surface area contributed by atoms with Gasteiger partial charge in [0, 0.05) is 13.1 Å². The van der Waals surface area contributed by atoms with Crippen LogP contribution in [-0.4, -0.2) is 30.6 Å². The lowest BCUT2D eigenvalue weighted by molar-refractivity contribution is 0.307. The van der Waals surface area contributed by atoms with E-state index in [1.807, 2.05) is 20.8 Å². The summed E-state index contributed by atoms with van der Waals surface area (Å²) in [7, 11) is 0. The van der Waals surface area contributed by atoms with Crippen molar-refractivity contribution < 1.29 is 9.15 Å². The van der Waals surface area contributed by atoms with E-state index >= 15 is 0 Å². The molecule has 0 amide bonds. The van der Waals surface area contributed by atoms with Gasteiger partial charge in [-0.3, -0.25) is 0 Å². The summed E-state index contributed by atoms with van der Waals surface area (Å²) in [5, 5.41) is 6.55. The Kier molecular flexibility index (Phi) is 7.51. The van der Waals surface area contributed by atoms with E-state index in [9.17, 15) is 0 Å². The number of hydrogen-bond donors (Lipinski definition) is 2. The van der Waals surface area contributed by atoms with Crippen LogP contribution in [-0.2, 0) is 6.54 Å². The average molecular weight is 358 g/mol. The van der Waals surface area contributed by atoms with Crippen molar-refractivity contribution >= 4 is 5.96 Å². The van der Waals surface area contributed by atoms with Gasteiger partial charge in [-0.1, -0.05) is 18.2 Å². The minimum absolute atomic E-state index is 0.420. The van der Waals surface area contributed by atoms with E-state index < -0.39 is 0 Å². The molecular weight excluding hydrogens is 328 g/mol. The molecule has 1 aromatic heterocycles. The van der Waals surface area contributed by atoms with Crippen LogP contribution in [0.5, 0.6) is 5.75 Å². The molecule has 6 nitrogen and oxygen atoms in total. The SMILES string of the molecule is CCNC(=NCc1nc(C)c(C)o1)NCCCOc1c(C)cccc1C. The van der Waals surface area contributed by atoms with Crippen LogP contribution < -0.4 is 15.4 Å². The molecule has 142 valence electrons. The number of aryl methyl sites for hydroxylation is 4. The molecule has 2 aromatic rings. The number of nitrogens with zero attached hydrogens (tertiary/aromatic N) is 2. The van der Waals surface area contributed by atoms with Crippen LogP contribution in [0.1, 0.15) is 41.8 Å². The first kappa shape index (κ1) is 19.8. The molecule has 6 heteroatoms. The van der Waals surface area contributed by atoms with Crippen LogP contribution in [0.4, 0.5) is 0 Å². The molecule has 0 bridgehead atoms. The quantitative estimate of drug-likeness (QED) is 0.430. The first-order valence-corrected chi connectivity index (χ1v) is 9.15. The summed E-state index contributed by atoms with van der Waals surface area (Å²) in [4.78, 5) is 8.87. The third-order valence-corrected chi connectivity index (χ3v) is 4.06. The van der Waals surface area contributed by atoms with Gasteiger partial charge in [-0.2, -0.15) is 0 Å². The summed E-state index contributed by atoms with van der Waals surface area (Å²) < 4.78 is 11.5. The predicted molar refractivity (Wildman–Crippen MR) is 105 cm³/mol. The van der Waals surface area contributed by atoms with Crippen molar-refractivity contribution in [1.82, 2.24) is 15.6 Å². The van der Waals surface area contributed by atoms with Gasteiger partial charge in [0.05, 0.1) is 12.3 Å². The van der Waals surface area contributed by atoms with E-state index in [1.165, 1.54) is 11.1 Å². The fourth-order valence-electron chi connectivity index (χ4n) is 2.58. The smallest absolute Gasteiger partial charge is 0.216 e. The molecule has 0 aliphatic carbocycles. The second-order valence-electron chi connectivity index (χ2n) is 6.29. The highest BCUT2D eigenvalue weighted by Crippen LogP contribution is 2.22. The van der Waals surface area contributed by atoms with Gasteiger partial charge in [-0.05, 0) is 52.2 Å². The second-order valence-corrected chi connectivity index (χ2v) is 6.29. The van der Waals surface area contributed by atoms with Gasteiger partial charge in [0.1, 0.15) is 18.1 Å². The third-order valence-electron chi connectivity index (χ3n) is 4.06. The Bertz CT molecular complexity index is 698. The molecule has 0 fully saturated rings. The van der Waals surface area contributed by atoms with Gasteiger partial charge in [-0.25, -0.2) is 9.98 Å². The highest BCUT2D eigenvalue weighted by atomic mass is 16.5. The van der Waals surface area contributed by atoms with Crippen molar-refractivity contribution in [3.05, 3.63) is 46.7 Å². The molecule has 0 radical (unpaired) electrons. The van der Waals surface area contributed by atoms with E-state index in [-0.39, 0.29) is 0 Å². The fraction of sp³-hybridized carbons (Fsp3) is 0.500. The maximum Gasteiger partial charge on any atom is 0.216 e. The van der Waals surface area contributed by atoms with E-state index in [0.717, 1.165) is 42.7 Å². The summed E-state index contributed by atoms with van der Waals surface area (Å²) >= 11 is 0. The number of oxazole rings is 1. The Balaban J connectivity index is 1.78. The van der Waals surface area contributed by atoms with Crippen LogP contribution in [0.2, 0.25) is 0 Å². The van der Waals surface area contributed by atoms with Crippen LogP contribution in [0, 0.1) is 27.7 Å². The Hall–Kier alpha value is -2.50. The zero-order valence-corrected chi connectivity index (χ0v) is 16.5. The number of aliphatic imine (C=N–C) groups is 1. The summed E-state index contributed by atoms with van der Waals surface area (Å²) in [6, 6.07) is 6.19. The Labute approximate surface area is 156 Å². The predicted octanol–water partition coefficient (Wildman–Crippen LogP) is 3.43. The van der Waals surface area contributed by atoms with Gasteiger partial charge in [0.2, 0.25) is 5.89 Å². The van der Waals surface area contributed by atoms with Crippen molar-refractivity contribution in [3.8, 4) is 5.75 Å². The molecule has 1 heterocycles. The van der Waals surface area contributed by atoms with Crippen molar-refractivity contribution in [1.29, 1.82) is 0 Å². The van der Waals surface area contributed by atoms with Gasteiger partial charge >= 0.3 is 0 Å². The van der Waals surface area contributed by atoms with E-state index in [2.05, 4.69) is 52.7 Å². The van der Waals surface area contributed by atoms with Crippen LogP contribution in [0.15, 0.2) is 27.6 Å². The molecule has 26 heavy (non-hydrogen) atoms. The average Bonchev–Trinajstić information content (AvgIpc) is 2.92. The lowest BCUT2D eigenvalue weighted by Crippen LogP contribution is -2.38. The highest BCUT2D eigenvalue weighted by molar-refractivity contribution is 5.79. The molecule has 2 rings (SSSR count). The van der Waals surface area contributed by atoms with Crippen LogP contribution >= 0.6 is 0 Å². The molecule has 0 saturated carbocycles. The number of rotatable bonds is 8. The van der Waals surface area contributed by atoms with Crippen LogP contribution in [0.25, 0.3) is 0 Å². The topological polar surface area (TPSA) is 71.7 Å². The molecule has 0 atom stereocenters. The standard InChI is InChI=1S/C20H30N4O2/c1-6-21-20(23-13-18-24-16(4)17(5)26-18)22-11-8-12-25-19-14(2)9-7-10-15(19)3/h7,9-10H,6,8,11-13H2,1-5H3,(H2,21,22,23). The maximum absolute atomic E-state index is 5.93. The Morgan fingerprint density at radius 1 is 1.15 bits per heavy atom. The van der Waals surface area contributed by atoms with E-state index in [4.69, 9.17) is 9.15 Å². The zero-order chi connectivity index (χ0) is 18.9. The van der Waals surface area contributed by atoms with E-state index in [1.54, 1.807) is 0 Å². The second kappa shape index (κ2) is 9.85. The van der Waals surface area contributed by atoms with Crippen molar-refractivity contribution in [3.63, 3.8) is 0 Å². The minimum Gasteiger partial charge on any atom is -0.493 e. The minimum atomic E-state index is 0.420. The molecule has 0 spiro atoms. The normalized spacial score (nSPS) is 11.5. The zero-order valence-electron chi connectivity index (χ0n) is 16.5. The molecular formula is C20H30N4O2. The van der Waals surface area contributed by atoms with Crippen LogP contribution in [0.3, 0.4) is 0 Å². The summed E-state index contributed by atoms with van der Waals surface area (Å²) in [6.07, 6.45) is 0.884. The Morgan fingerprint density at radius 2 is 1.88 bits per heavy atom. The summed E-state index contributed by atoms with van der Waals surface area (Å²) in [5.41, 5.74) is 3.26. The molecule has 2 N–H and O–H groups in total. The molecule has 0 saturated heterocycles. The molecule has 0 aliphatic heterocycles. The summed E-state index contributed by atoms with van der Waals surface area (Å²) in [6.45, 7) is 12.7. The molecule has 0 unspecified atom stereocenters.